The van der Waals surface area contributed by atoms with Gasteiger partial charge in [0.1, 0.15) is 11.5 Å². The monoisotopic (exact) mass is 552 g/mol. The minimum Gasteiger partial charge on any atom is -0.358 e. The van der Waals surface area contributed by atoms with Gasteiger partial charge in [0.05, 0.1) is 4.90 Å². The van der Waals surface area contributed by atoms with E-state index in [-0.39, 0.29) is 15.9 Å². The highest BCUT2D eigenvalue weighted by molar-refractivity contribution is 7.91. The van der Waals surface area contributed by atoms with Crippen LogP contribution < -0.4 is 10.0 Å². The maximum atomic E-state index is 12.9. The van der Waals surface area contributed by atoms with Gasteiger partial charge < -0.3 is 5.32 Å². The Hall–Kier alpha value is -3.53. The fraction of sp³-hybridized carbons (Fsp3) is 0.148. The van der Waals surface area contributed by atoms with E-state index in [2.05, 4.69) is 15.0 Å². The highest BCUT2D eigenvalue weighted by atomic mass is 35.5. The zero-order valence-electron chi connectivity index (χ0n) is 20.0. The third-order valence-corrected chi connectivity index (χ3v) is 7.68. The first kappa shape index (κ1) is 26.5. The van der Waals surface area contributed by atoms with Crippen LogP contribution in [0, 0.1) is 0 Å². The molecule has 3 aromatic carbocycles. The lowest BCUT2D eigenvalue weighted by Crippen LogP contribution is -2.38. The molecule has 1 aliphatic rings. The Labute approximate surface area is 226 Å². The predicted octanol–water partition coefficient (Wildman–Crippen LogP) is 4.54. The summed E-state index contributed by atoms with van der Waals surface area (Å²) in [5, 5.41) is 3.55. The molecule has 2 N–H and O–H groups in total. The predicted molar refractivity (Wildman–Crippen MR) is 151 cm³/mol. The zero-order chi connectivity index (χ0) is 26.4. The quantitative estimate of drug-likeness (QED) is 0.316. The van der Waals surface area contributed by atoms with Gasteiger partial charge >= 0.3 is 0 Å². The van der Waals surface area contributed by atoms with Crippen molar-refractivity contribution >= 4 is 56.8 Å². The van der Waals surface area contributed by atoms with Gasteiger partial charge in [0, 0.05) is 18.1 Å². The number of aliphatic imine (C=N–C) groups is 1. The second kappa shape index (κ2) is 11.7. The van der Waals surface area contributed by atoms with E-state index < -0.39 is 10.0 Å². The molecule has 1 heterocycles. The van der Waals surface area contributed by atoms with E-state index in [9.17, 15) is 13.2 Å². The molecule has 1 amide bonds. The van der Waals surface area contributed by atoms with Crippen LogP contribution in [0.1, 0.15) is 23.6 Å². The van der Waals surface area contributed by atoms with E-state index in [1.54, 1.807) is 42.2 Å². The van der Waals surface area contributed by atoms with Crippen molar-refractivity contribution in [3.05, 3.63) is 106 Å². The van der Waals surface area contributed by atoms with Crippen LogP contribution in [0.5, 0.6) is 0 Å². The van der Waals surface area contributed by atoms with E-state index in [0.29, 0.717) is 36.1 Å². The third-order valence-electron chi connectivity index (χ3n) is 5.69. The molecule has 1 aliphatic heterocycles. The normalized spacial score (nSPS) is 14.5. The van der Waals surface area contributed by atoms with Gasteiger partial charge in [-0.1, -0.05) is 66.2 Å². The zero-order valence-corrected chi connectivity index (χ0v) is 22.4. The molecule has 190 valence electrons. The van der Waals surface area contributed by atoms with Crippen molar-refractivity contribution in [3.63, 3.8) is 0 Å². The van der Waals surface area contributed by atoms with Crippen LogP contribution in [0.3, 0.4) is 0 Å². The Balaban J connectivity index is 1.32. The van der Waals surface area contributed by atoms with Gasteiger partial charge in [0.2, 0.25) is 0 Å². The molecular weight excluding hydrogens is 528 g/mol. The molecule has 0 saturated carbocycles. The van der Waals surface area contributed by atoms with Crippen LogP contribution in [0.15, 0.2) is 94.4 Å². The lowest BCUT2D eigenvalue weighted by Gasteiger charge is -2.16. The average molecular weight is 553 g/mol. The van der Waals surface area contributed by atoms with Gasteiger partial charge in [-0.3, -0.25) is 14.4 Å². The van der Waals surface area contributed by atoms with Crippen molar-refractivity contribution in [1.82, 2.24) is 14.9 Å². The fourth-order valence-corrected chi connectivity index (χ4v) is 5.17. The highest BCUT2D eigenvalue weighted by Crippen LogP contribution is 2.20. The number of carbonyl (C=O) groups is 1. The van der Waals surface area contributed by atoms with Crippen molar-refractivity contribution in [2.75, 3.05) is 6.54 Å². The maximum Gasteiger partial charge on any atom is 0.277 e. The Kier molecular flexibility index (Phi) is 8.38. The minimum absolute atomic E-state index is 0.0256. The topological polar surface area (TPSA) is 90.9 Å². The number of halogens is 1. The molecule has 0 atom stereocenters. The molecule has 37 heavy (non-hydrogen) atoms. The number of nitrogens with one attached hydrogen (secondary N) is 2. The Morgan fingerprint density at radius 1 is 1.00 bits per heavy atom. The van der Waals surface area contributed by atoms with Gasteiger partial charge in [-0.2, -0.15) is 0 Å². The Bertz CT molecular complexity index is 1450. The van der Waals surface area contributed by atoms with Gasteiger partial charge in [-0.25, -0.2) is 13.4 Å². The number of sulfonamides is 1. The second-order valence-corrected chi connectivity index (χ2v) is 10.9. The van der Waals surface area contributed by atoms with E-state index in [1.807, 2.05) is 42.5 Å². The molecule has 0 aliphatic carbocycles. The summed E-state index contributed by atoms with van der Waals surface area (Å²) in [4.78, 5) is 19.0. The maximum absolute atomic E-state index is 12.9. The molecule has 0 bridgehead atoms. The van der Waals surface area contributed by atoms with E-state index >= 15 is 0 Å². The van der Waals surface area contributed by atoms with Crippen LogP contribution >= 0.6 is 23.8 Å². The summed E-state index contributed by atoms with van der Waals surface area (Å²) in [5.41, 5.74) is 3.08. The second-order valence-electron chi connectivity index (χ2n) is 8.36. The molecule has 0 unspecified atom stereocenters. The minimum atomic E-state index is -3.82. The van der Waals surface area contributed by atoms with Crippen molar-refractivity contribution in [2.24, 2.45) is 4.99 Å². The number of carbonyl (C=O) groups excluding carboxylic acids is 1. The average Bonchev–Trinajstić information content (AvgIpc) is 3.15. The molecule has 7 nitrogen and oxygen atoms in total. The van der Waals surface area contributed by atoms with Crippen molar-refractivity contribution in [3.8, 4) is 0 Å². The Morgan fingerprint density at radius 2 is 1.68 bits per heavy atom. The molecule has 0 aromatic heterocycles. The molecule has 0 spiro atoms. The first-order valence-corrected chi connectivity index (χ1v) is 13.8. The van der Waals surface area contributed by atoms with Gasteiger partial charge in [-0.05, 0) is 72.6 Å². The van der Waals surface area contributed by atoms with E-state index in [0.717, 1.165) is 16.7 Å². The van der Waals surface area contributed by atoms with Crippen LogP contribution in [0.25, 0.3) is 6.08 Å². The number of rotatable bonds is 8. The summed E-state index contributed by atoms with van der Waals surface area (Å²) >= 11 is 11.1. The molecular formula is C27H25ClN4O3S2. The van der Waals surface area contributed by atoms with Crippen LogP contribution in [0.4, 0.5) is 0 Å². The third kappa shape index (κ3) is 7.03. The molecule has 0 radical (unpaired) electrons. The lowest BCUT2D eigenvalue weighted by atomic mass is 10.1. The number of thiocarbonyl (C=S) groups is 1. The summed E-state index contributed by atoms with van der Waals surface area (Å²) < 4.78 is 27.8. The summed E-state index contributed by atoms with van der Waals surface area (Å²) in [6.07, 6.45) is 2.27. The number of benzene rings is 3. The van der Waals surface area contributed by atoms with E-state index in [4.69, 9.17) is 23.8 Å². The molecule has 10 heteroatoms. The van der Waals surface area contributed by atoms with Crippen molar-refractivity contribution < 1.29 is 13.2 Å². The lowest BCUT2D eigenvalue weighted by molar-refractivity contribution is -0.122. The molecule has 0 saturated heterocycles. The summed E-state index contributed by atoms with van der Waals surface area (Å²) in [5.74, 6) is 0.442. The molecule has 3 aromatic rings. The van der Waals surface area contributed by atoms with Crippen LogP contribution in [-0.2, 0) is 27.8 Å². The van der Waals surface area contributed by atoms with Crippen molar-refractivity contribution in [1.29, 1.82) is 0 Å². The smallest absolute Gasteiger partial charge is 0.277 e. The largest absolute Gasteiger partial charge is 0.358 e. The summed E-state index contributed by atoms with van der Waals surface area (Å²) in [7, 11) is -3.82. The number of hydrogen-bond acceptors (Lipinski definition) is 5. The van der Waals surface area contributed by atoms with Gasteiger partial charge in [-0.15, -0.1) is 0 Å². The first-order chi connectivity index (χ1) is 17.7. The van der Waals surface area contributed by atoms with Crippen molar-refractivity contribution in [2.45, 2.75) is 24.8 Å². The van der Waals surface area contributed by atoms with E-state index in [1.165, 1.54) is 12.1 Å². The molecule has 0 fully saturated rings. The number of hydrogen-bond donors (Lipinski definition) is 2. The Morgan fingerprint density at radius 3 is 2.35 bits per heavy atom. The summed E-state index contributed by atoms with van der Waals surface area (Å²) in [6.45, 7) is 2.62. The first-order valence-electron chi connectivity index (χ1n) is 11.5. The fourth-order valence-electron chi connectivity index (χ4n) is 3.71. The standard InChI is InChI=1S/C27H25ClN4O3S2/c1-19-30-25(17-21-7-11-23(28)12-8-21)26(33)32(19)16-15-20-9-13-24(14-10-20)37(34,35)31-27(36)29-18-22-5-3-2-4-6-22/h2-14,17H,15-16,18H2,1H3,(H2,29,31,36)/b25-17-. The highest BCUT2D eigenvalue weighted by Gasteiger charge is 2.27. The number of amidine groups is 1. The number of amides is 1. The van der Waals surface area contributed by atoms with Gasteiger partial charge in [0.25, 0.3) is 15.9 Å². The summed E-state index contributed by atoms with van der Waals surface area (Å²) in [6, 6.07) is 23.2. The SMILES string of the molecule is CC1=N/C(=C\c2ccc(Cl)cc2)C(=O)N1CCc1ccc(S(=O)(=O)NC(=S)NCc2ccccc2)cc1. The van der Waals surface area contributed by atoms with Gasteiger partial charge in [0.15, 0.2) is 5.11 Å². The molecule has 4 rings (SSSR count). The van der Waals surface area contributed by atoms with Crippen LogP contribution in [-0.4, -0.2) is 36.7 Å². The number of nitrogens with zero attached hydrogens (tertiary/aromatic N) is 2. The van der Waals surface area contributed by atoms with Crippen LogP contribution in [0.2, 0.25) is 5.02 Å².